The van der Waals surface area contributed by atoms with Gasteiger partial charge in [-0.05, 0) is 17.7 Å². The number of nitrogens with two attached hydrogens (primary N) is 1. The lowest BCUT2D eigenvalue weighted by molar-refractivity contribution is -0.132. The van der Waals surface area contributed by atoms with E-state index >= 15 is 0 Å². The number of nitrogens with one attached hydrogen (secondary N) is 1. The SMILES string of the molecule is CNC(=O)C1COCCN1Cc1ccnc(C(N)=S)c1. The number of likely N-dealkylation sites (N-methyl/N-ethyl adjacent to an activating group) is 1. The topological polar surface area (TPSA) is 80.5 Å². The Morgan fingerprint density at radius 2 is 2.50 bits per heavy atom. The predicted molar refractivity (Wildman–Crippen MR) is 79.2 cm³/mol. The number of ether oxygens (including phenoxy) is 1. The predicted octanol–water partition coefficient (Wildman–Crippen LogP) is -0.337. The zero-order valence-electron chi connectivity index (χ0n) is 11.3. The highest BCUT2D eigenvalue weighted by atomic mass is 32.1. The molecule has 1 aliphatic rings. The average molecular weight is 294 g/mol. The van der Waals surface area contributed by atoms with Gasteiger partial charge in [0.2, 0.25) is 5.91 Å². The molecule has 0 aliphatic carbocycles. The van der Waals surface area contributed by atoms with Crippen molar-refractivity contribution in [3.63, 3.8) is 0 Å². The van der Waals surface area contributed by atoms with Crippen LogP contribution in [-0.4, -0.2) is 53.6 Å². The molecule has 0 saturated carbocycles. The standard InChI is InChI=1S/C13H18N4O2S/c1-15-13(18)11-8-19-5-4-17(11)7-9-2-3-16-10(6-9)12(14)20/h2-3,6,11H,4-5,7-8H2,1H3,(H2,14,20)(H,15,18). The lowest BCUT2D eigenvalue weighted by Gasteiger charge is -2.34. The Kier molecular flexibility index (Phi) is 4.99. The van der Waals surface area contributed by atoms with E-state index in [1.165, 1.54) is 0 Å². The fraction of sp³-hybridized carbons (Fsp3) is 0.462. The van der Waals surface area contributed by atoms with Crippen LogP contribution in [0.15, 0.2) is 18.3 Å². The van der Waals surface area contributed by atoms with Crippen LogP contribution in [0.1, 0.15) is 11.3 Å². The molecule has 0 radical (unpaired) electrons. The lowest BCUT2D eigenvalue weighted by atomic mass is 10.1. The number of hydrogen-bond acceptors (Lipinski definition) is 5. The van der Waals surface area contributed by atoms with Crippen molar-refractivity contribution in [1.29, 1.82) is 0 Å². The number of rotatable bonds is 4. The lowest BCUT2D eigenvalue weighted by Crippen LogP contribution is -2.52. The third kappa shape index (κ3) is 3.50. The third-order valence-electron chi connectivity index (χ3n) is 3.25. The molecule has 2 heterocycles. The van der Waals surface area contributed by atoms with Crippen LogP contribution in [0.3, 0.4) is 0 Å². The molecular formula is C13H18N4O2S. The Hall–Kier alpha value is -1.57. The first kappa shape index (κ1) is 14.8. The molecule has 1 saturated heterocycles. The molecular weight excluding hydrogens is 276 g/mol. The minimum atomic E-state index is -0.268. The highest BCUT2D eigenvalue weighted by molar-refractivity contribution is 7.80. The van der Waals surface area contributed by atoms with Crippen molar-refractivity contribution in [3.8, 4) is 0 Å². The first-order valence-electron chi connectivity index (χ1n) is 6.40. The van der Waals surface area contributed by atoms with Crippen LogP contribution in [-0.2, 0) is 16.1 Å². The number of pyridine rings is 1. The summed E-state index contributed by atoms with van der Waals surface area (Å²) in [7, 11) is 1.63. The Morgan fingerprint density at radius 3 is 3.20 bits per heavy atom. The number of nitrogens with zero attached hydrogens (tertiary/aromatic N) is 2. The number of amides is 1. The summed E-state index contributed by atoms with van der Waals surface area (Å²) in [5, 5.41) is 2.67. The van der Waals surface area contributed by atoms with E-state index in [-0.39, 0.29) is 16.9 Å². The zero-order chi connectivity index (χ0) is 14.5. The van der Waals surface area contributed by atoms with E-state index in [2.05, 4.69) is 15.2 Å². The fourth-order valence-electron chi connectivity index (χ4n) is 2.18. The van der Waals surface area contributed by atoms with E-state index < -0.39 is 0 Å². The number of morpholine rings is 1. The van der Waals surface area contributed by atoms with Crippen LogP contribution in [0.4, 0.5) is 0 Å². The smallest absolute Gasteiger partial charge is 0.239 e. The summed E-state index contributed by atoms with van der Waals surface area (Å²) in [5.74, 6) is -0.0340. The second kappa shape index (κ2) is 6.74. The van der Waals surface area contributed by atoms with Gasteiger partial charge in [-0.2, -0.15) is 0 Å². The molecule has 1 atom stereocenters. The van der Waals surface area contributed by atoms with Crippen LogP contribution < -0.4 is 11.1 Å². The maximum absolute atomic E-state index is 11.9. The summed E-state index contributed by atoms with van der Waals surface area (Å²) in [6, 6.07) is 3.49. The molecule has 0 spiro atoms. The van der Waals surface area contributed by atoms with Crippen molar-refractivity contribution in [2.24, 2.45) is 5.73 Å². The minimum Gasteiger partial charge on any atom is -0.388 e. The second-order valence-electron chi connectivity index (χ2n) is 4.59. The van der Waals surface area contributed by atoms with Crippen molar-refractivity contribution in [2.45, 2.75) is 12.6 Å². The normalized spacial score (nSPS) is 19.6. The molecule has 108 valence electrons. The van der Waals surface area contributed by atoms with Crippen LogP contribution >= 0.6 is 12.2 Å². The minimum absolute atomic E-state index is 0.0340. The molecule has 3 N–H and O–H groups in total. The Balaban J connectivity index is 2.12. The average Bonchev–Trinajstić information content (AvgIpc) is 2.47. The summed E-state index contributed by atoms with van der Waals surface area (Å²) in [5.41, 5.74) is 7.21. The van der Waals surface area contributed by atoms with Crippen molar-refractivity contribution in [3.05, 3.63) is 29.6 Å². The maximum Gasteiger partial charge on any atom is 0.239 e. The van der Waals surface area contributed by atoms with E-state index in [1.807, 2.05) is 12.1 Å². The van der Waals surface area contributed by atoms with Gasteiger partial charge >= 0.3 is 0 Å². The molecule has 6 nitrogen and oxygen atoms in total. The summed E-state index contributed by atoms with van der Waals surface area (Å²) in [4.78, 5) is 18.3. The summed E-state index contributed by atoms with van der Waals surface area (Å²) >= 11 is 4.93. The molecule has 1 aromatic rings. The van der Waals surface area contributed by atoms with Crippen LogP contribution in [0.5, 0.6) is 0 Å². The molecule has 1 amide bonds. The van der Waals surface area contributed by atoms with Gasteiger partial charge in [-0.1, -0.05) is 12.2 Å². The monoisotopic (exact) mass is 294 g/mol. The number of hydrogen-bond donors (Lipinski definition) is 2. The van der Waals surface area contributed by atoms with Crippen molar-refractivity contribution in [2.75, 3.05) is 26.8 Å². The molecule has 1 fully saturated rings. The highest BCUT2D eigenvalue weighted by Gasteiger charge is 2.28. The van der Waals surface area contributed by atoms with Gasteiger partial charge < -0.3 is 15.8 Å². The first-order chi connectivity index (χ1) is 9.61. The molecule has 0 aromatic carbocycles. The Morgan fingerprint density at radius 1 is 1.70 bits per heavy atom. The van der Waals surface area contributed by atoms with E-state index in [1.54, 1.807) is 13.2 Å². The van der Waals surface area contributed by atoms with E-state index in [0.29, 0.717) is 32.0 Å². The molecule has 7 heteroatoms. The Bertz CT molecular complexity index is 509. The van der Waals surface area contributed by atoms with Gasteiger partial charge in [-0.25, -0.2) is 0 Å². The van der Waals surface area contributed by atoms with Gasteiger partial charge in [0, 0.05) is 26.3 Å². The molecule has 1 unspecified atom stereocenters. The van der Waals surface area contributed by atoms with Crippen LogP contribution in [0.2, 0.25) is 0 Å². The van der Waals surface area contributed by atoms with E-state index in [0.717, 1.165) is 5.56 Å². The first-order valence-corrected chi connectivity index (χ1v) is 6.80. The molecule has 2 rings (SSSR count). The van der Waals surface area contributed by atoms with E-state index in [9.17, 15) is 4.79 Å². The van der Waals surface area contributed by atoms with Crippen LogP contribution in [0, 0.1) is 0 Å². The number of carbonyl (C=O) groups is 1. The third-order valence-corrected chi connectivity index (χ3v) is 3.46. The van der Waals surface area contributed by atoms with Gasteiger partial charge in [0.1, 0.15) is 11.0 Å². The molecule has 20 heavy (non-hydrogen) atoms. The van der Waals surface area contributed by atoms with Gasteiger partial charge in [0.25, 0.3) is 0 Å². The summed E-state index contributed by atoms with van der Waals surface area (Å²) in [6.45, 7) is 2.38. The van der Waals surface area contributed by atoms with Crippen molar-refractivity contribution >= 4 is 23.1 Å². The van der Waals surface area contributed by atoms with Crippen molar-refractivity contribution < 1.29 is 9.53 Å². The van der Waals surface area contributed by atoms with Gasteiger partial charge in [0.15, 0.2) is 0 Å². The second-order valence-corrected chi connectivity index (χ2v) is 5.03. The number of thiocarbonyl (C=S) groups is 1. The number of carbonyl (C=O) groups excluding carboxylic acids is 1. The summed E-state index contributed by atoms with van der Waals surface area (Å²) in [6.07, 6.45) is 1.68. The fourth-order valence-corrected chi connectivity index (χ4v) is 2.29. The molecule has 0 bridgehead atoms. The number of aromatic nitrogens is 1. The molecule has 1 aliphatic heterocycles. The van der Waals surface area contributed by atoms with E-state index in [4.69, 9.17) is 22.7 Å². The van der Waals surface area contributed by atoms with Gasteiger partial charge in [0.05, 0.1) is 18.9 Å². The Labute approximate surface area is 123 Å². The molecule has 1 aromatic heterocycles. The van der Waals surface area contributed by atoms with Crippen molar-refractivity contribution in [1.82, 2.24) is 15.2 Å². The highest BCUT2D eigenvalue weighted by Crippen LogP contribution is 2.13. The van der Waals surface area contributed by atoms with Gasteiger partial charge in [-0.3, -0.25) is 14.7 Å². The summed E-state index contributed by atoms with van der Waals surface area (Å²) < 4.78 is 5.38. The van der Waals surface area contributed by atoms with Gasteiger partial charge in [-0.15, -0.1) is 0 Å². The quantitative estimate of drug-likeness (QED) is 0.740. The largest absolute Gasteiger partial charge is 0.388 e. The zero-order valence-corrected chi connectivity index (χ0v) is 12.2. The maximum atomic E-state index is 11.9. The van der Waals surface area contributed by atoms with Crippen LogP contribution in [0.25, 0.3) is 0 Å².